The van der Waals surface area contributed by atoms with Gasteiger partial charge in [-0.2, -0.15) is 5.26 Å². The van der Waals surface area contributed by atoms with E-state index in [9.17, 15) is 9.18 Å². The number of hydrogen-bond donors (Lipinski definition) is 1. The summed E-state index contributed by atoms with van der Waals surface area (Å²) in [5, 5.41) is 17.9. The number of aliphatic hydroxyl groups is 1. The number of halogens is 1. The molecular formula is C12H11FN2O2. The zero-order chi connectivity index (χ0) is 12.4. The van der Waals surface area contributed by atoms with Crippen molar-refractivity contribution in [2.45, 2.75) is 6.42 Å². The van der Waals surface area contributed by atoms with Gasteiger partial charge >= 0.3 is 0 Å². The van der Waals surface area contributed by atoms with Crippen LogP contribution in [0.2, 0.25) is 0 Å². The Morgan fingerprint density at radius 1 is 1.59 bits per heavy atom. The second-order valence-electron chi connectivity index (χ2n) is 4.03. The molecule has 0 aliphatic carbocycles. The van der Waals surface area contributed by atoms with Gasteiger partial charge in [0, 0.05) is 25.5 Å². The van der Waals surface area contributed by atoms with Crippen LogP contribution >= 0.6 is 0 Å². The number of hydrogen-bond acceptors (Lipinski definition) is 3. The van der Waals surface area contributed by atoms with Crippen LogP contribution in [-0.2, 0) is 4.79 Å². The molecule has 2 rings (SSSR count). The molecule has 4 nitrogen and oxygen atoms in total. The Labute approximate surface area is 97.9 Å². The minimum Gasteiger partial charge on any atom is -0.396 e. The molecule has 0 radical (unpaired) electrons. The summed E-state index contributed by atoms with van der Waals surface area (Å²) in [6.07, 6.45) is 0.234. The van der Waals surface area contributed by atoms with E-state index in [0.717, 1.165) is 0 Å². The summed E-state index contributed by atoms with van der Waals surface area (Å²) >= 11 is 0. The molecule has 1 aliphatic rings. The van der Waals surface area contributed by atoms with Gasteiger partial charge in [-0.1, -0.05) is 0 Å². The lowest BCUT2D eigenvalue weighted by molar-refractivity contribution is -0.117. The predicted molar refractivity (Wildman–Crippen MR) is 58.7 cm³/mol. The van der Waals surface area contributed by atoms with Gasteiger partial charge in [-0.3, -0.25) is 4.79 Å². The van der Waals surface area contributed by atoms with Gasteiger partial charge < -0.3 is 10.0 Å². The first-order chi connectivity index (χ1) is 8.15. The molecule has 1 aromatic rings. The van der Waals surface area contributed by atoms with E-state index >= 15 is 0 Å². The minimum absolute atomic E-state index is 0.0839. The van der Waals surface area contributed by atoms with Crippen molar-refractivity contribution in [3.8, 4) is 6.07 Å². The largest absolute Gasteiger partial charge is 0.396 e. The number of amides is 1. The summed E-state index contributed by atoms with van der Waals surface area (Å²) in [7, 11) is 0. The van der Waals surface area contributed by atoms with Gasteiger partial charge in [0.25, 0.3) is 0 Å². The summed E-state index contributed by atoms with van der Waals surface area (Å²) in [4.78, 5) is 13.1. The standard InChI is InChI=1S/C12H11FN2O2/c13-10-2-1-9(5-14)11(4-10)15-6-8(7-16)3-12(15)17/h1-2,4,8,16H,3,6-7H2. The van der Waals surface area contributed by atoms with E-state index in [1.54, 1.807) is 0 Å². The molecule has 1 atom stereocenters. The third kappa shape index (κ3) is 2.12. The second-order valence-corrected chi connectivity index (χ2v) is 4.03. The summed E-state index contributed by atoms with van der Waals surface area (Å²) < 4.78 is 13.1. The molecule has 1 amide bonds. The Kier molecular flexibility index (Phi) is 3.07. The van der Waals surface area contributed by atoms with E-state index in [2.05, 4.69) is 0 Å². The third-order valence-electron chi connectivity index (χ3n) is 2.83. The van der Waals surface area contributed by atoms with Crippen LogP contribution in [0.3, 0.4) is 0 Å². The van der Waals surface area contributed by atoms with Gasteiger partial charge in [-0.05, 0) is 18.2 Å². The maximum atomic E-state index is 13.1. The quantitative estimate of drug-likeness (QED) is 0.831. The molecule has 5 heteroatoms. The number of anilines is 1. The monoisotopic (exact) mass is 234 g/mol. The van der Waals surface area contributed by atoms with Crippen LogP contribution in [0.1, 0.15) is 12.0 Å². The minimum atomic E-state index is -0.487. The lowest BCUT2D eigenvalue weighted by Crippen LogP contribution is -2.25. The maximum absolute atomic E-state index is 13.1. The molecule has 0 saturated carbocycles. The summed E-state index contributed by atoms with van der Waals surface area (Å²) in [6, 6.07) is 5.64. The molecular weight excluding hydrogens is 223 g/mol. The number of carbonyl (C=O) groups is 1. The molecule has 1 fully saturated rings. The molecule has 88 valence electrons. The Bertz CT molecular complexity index is 496. The van der Waals surface area contributed by atoms with Crippen LogP contribution in [0.5, 0.6) is 0 Å². The number of carbonyl (C=O) groups excluding carboxylic acids is 1. The highest BCUT2D eigenvalue weighted by atomic mass is 19.1. The van der Waals surface area contributed by atoms with Crippen LogP contribution < -0.4 is 4.90 Å². The van der Waals surface area contributed by atoms with Gasteiger partial charge in [-0.15, -0.1) is 0 Å². The van der Waals surface area contributed by atoms with Gasteiger partial charge in [0.2, 0.25) is 5.91 Å². The third-order valence-corrected chi connectivity index (χ3v) is 2.83. The first kappa shape index (κ1) is 11.6. The fourth-order valence-corrected chi connectivity index (χ4v) is 1.96. The van der Waals surface area contributed by atoms with Gasteiger partial charge in [0.15, 0.2) is 0 Å². The van der Waals surface area contributed by atoms with Crippen molar-refractivity contribution < 1.29 is 14.3 Å². The van der Waals surface area contributed by atoms with Crippen LogP contribution in [0.15, 0.2) is 18.2 Å². The molecule has 1 aliphatic heterocycles. The van der Waals surface area contributed by atoms with Crippen molar-refractivity contribution in [3.05, 3.63) is 29.6 Å². The van der Waals surface area contributed by atoms with Crippen molar-refractivity contribution in [2.24, 2.45) is 5.92 Å². The number of nitriles is 1. The summed E-state index contributed by atoms with van der Waals surface area (Å²) in [5.74, 6) is -0.817. The predicted octanol–water partition coefficient (Wildman–Crippen LogP) is 1.04. The number of rotatable bonds is 2. The summed E-state index contributed by atoms with van der Waals surface area (Å²) in [6.45, 7) is 0.243. The molecule has 0 spiro atoms. The summed E-state index contributed by atoms with van der Waals surface area (Å²) in [5.41, 5.74) is 0.548. The molecule has 1 saturated heterocycles. The Morgan fingerprint density at radius 2 is 2.35 bits per heavy atom. The average molecular weight is 234 g/mol. The van der Waals surface area contributed by atoms with E-state index < -0.39 is 5.82 Å². The Hall–Kier alpha value is -1.93. The second kappa shape index (κ2) is 4.52. The van der Waals surface area contributed by atoms with E-state index in [-0.39, 0.29) is 36.1 Å². The molecule has 17 heavy (non-hydrogen) atoms. The maximum Gasteiger partial charge on any atom is 0.227 e. The zero-order valence-electron chi connectivity index (χ0n) is 9.06. The van der Waals surface area contributed by atoms with Crippen LogP contribution in [-0.4, -0.2) is 24.2 Å². The average Bonchev–Trinajstić information content (AvgIpc) is 2.70. The molecule has 1 unspecified atom stereocenters. The van der Waals surface area contributed by atoms with Crippen molar-refractivity contribution in [3.63, 3.8) is 0 Å². The Balaban J connectivity index is 2.37. The number of nitrogens with zero attached hydrogens (tertiary/aromatic N) is 2. The van der Waals surface area contributed by atoms with Crippen LogP contribution in [0.25, 0.3) is 0 Å². The smallest absolute Gasteiger partial charge is 0.227 e. The van der Waals surface area contributed by atoms with Crippen LogP contribution in [0.4, 0.5) is 10.1 Å². The van der Waals surface area contributed by atoms with Crippen molar-refractivity contribution in [1.82, 2.24) is 0 Å². The highest BCUT2D eigenvalue weighted by Gasteiger charge is 2.31. The van der Waals surface area contributed by atoms with E-state index in [1.807, 2.05) is 6.07 Å². The molecule has 0 aromatic heterocycles. The van der Waals surface area contributed by atoms with E-state index in [4.69, 9.17) is 10.4 Å². The fraction of sp³-hybridized carbons (Fsp3) is 0.333. The lowest BCUT2D eigenvalue weighted by Gasteiger charge is -2.17. The van der Waals surface area contributed by atoms with Crippen LogP contribution in [0, 0.1) is 23.1 Å². The topological polar surface area (TPSA) is 64.3 Å². The number of benzene rings is 1. The molecule has 1 N–H and O–H groups in total. The molecule has 0 bridgehead atoms. The van der Waals surface area contributed by atoms with Crippen molar-refractivity contribution in [2.75, 3.05) is 18.1 Å². The lowest BCUT2D eigenvalue weighted by atomic mass is 10.1. The normalized spacial score (nSPS) is 19.5. The van der Waals surface area contributed by atoms with Gasteiger partial charge in [0.1, 0.15) is 11.9 Å². The molecule has 1 aromatic carbocycles. The number of aliphatic hydroxyl groups excluding tert-OH is 1. The van der Waals surface area contributed by atoms with Gasteiger partial charge in [0.05, 0.1) is 11.3 Å². The molecule has 1 heterocycles. The van der Waals surface area contributed by atoms with E-state index in [1.165, 1.54) is 23.1 Å². The SMILES string of the molecule is N#Cc1ccc(F)cc1N1CC(CO)CC1=O. The van der Waals surface area contributed by atoms with Crippen molar-refractivity contribution in [1.29, 1.82) is 5.26 Å². The van der Waals surface area contributed by atoms with Gasteiger partial charge in [-0.25, -0.2) is 4.39 Å². The first-order valence-electron chi connectivity index (χ1n) is 5.26. The zero-order valence-corrected chi connectivity index (χ0v) is 9.06. The Morgan fingerprint density at radius 3 is 2.94 bits per heavy atom. The highest BCUT2D eigenvalue weighted by molar-refractivity contribution is 5.96. The highest BCUT2D eigenvalue weighted by Crippen LogP contribution is 2.28. The van der Waals surface area contributed by atoms with E-state index in [0.29, 0.717) is 6.54 Å². The first-order valence-corrected chi connectivity index (χ1v) is 5.26. The van der Waals surface area contributed by atoms with Crippen molar-refractivity contribution >= 4 is 11.6 Å². The fourth-order valence-electron chi connectivity index (χ4n) is 1.96.